The SMILES string of the molecule is Cc1[nH]c2c(F)ccc(C)c2c1CCNC(=O)COc1ccc(C(C)(C)C)cc1. The molecule has 0 radical (unpaired) electrons. The van der Waals surface area contributed by atoms with Crippen LogP contribution in [0.5, 0.6) is 5.75 Å². The fourth-order valence-corrected chi connectivity index (χ4v) is 3.53. The molecule has 0 unspecified atom stereocenters. The van der Waals surface area contributed by atoms with Gasteiger partial charge in [-0.15, -0.1) is 0 Å². The number of amides is 1. The van der Waals surface area contributed by atoms with Crippen molar-refractivity contribution in [1.29, 1.82) is 0 Å². The van der Waals surface area contributed by atoms with Crippen LogP contribution in [0.25, 0.3) is 10.9 Å². The first-order valence-corrected chi connectivity index (χ1v) is 9.93. The van der Waals surface area contributed by atoms with Gasteiger partial charge >= 0.3 is 0 Å². The van der Waals surface area contributed by atoms with E-state index < -0.39 is 0 Å². The fraction of sp³-hybridized carbons (Fsp3) is 0.375. The maximum atomic E-state index is 14.0. The van der Waals surface area contributed by atoms with Gasteiger partial charge < -0.3 is 15.0 Å². The van der Waals surface area contributed by atoms with Crippen LogP contribution in [-0.2, 0) is 16.6 Å². The third-order valence-electron chi connectivity index (χ3n) is 5.22. The summed E-state index contributed by atoms with van der Waals surface area (Å²) in [6, 6.07) is 11.1. The van der Waals surface area contributed by atoms with Crippen LogP contribution in [0.1, 0.15) is 43.2 Å². The van der Waals surface area contributed by atoms with E-state index in [4.69, 9.17) is 4.74 Å². The molecule has 2 N–H and O–H groups in total. The molecule has 4 nitrogen and oxygen atoms in total. The molecule has 1 amide bonds. The van der Waals surface area contributed by atoms with Crippen LogP contribution in [0, 0.1) is 19.7 Å². The highest BCUT2D eigenvalue weighted by Crippen LogP contribution is 2.28. The van der Waals surface area contributed by atoms with Crippen molar-refractivity contribution in [3.8, 4) is 5.75 Å². The molecule has 1 heterocycles. The molecule has 0 saturated heterocycles. The second-order valence-electron chi connectivity index (χ2n) is 8.51. The maximum Gasteiger partial charge on any atom is 0.257 e. The molecular formula is C24H29FN2O2. The van der Waals surface area contributed by atoms with Gasteiger partial charge in [0.1, 0.15) is 11.6 Å². The Balaban J connectivity index is 1.54. The van der Waals surface area contributed by atoms with Crippen LogP contribution >= 0.6 is 0 Å². The summed E-state index contributed by atoms with van der Waals surface area (Å²) in [5.74, 6) is 0.242. The number of hydrogen-bond acceptors (Lipinski definition) is 2. The van der Waals surface area contributed by atoms with Crippen molar-refractivity contribution >= 4 is 16.8 Å². The van der Waals surface area contributed by atoms with Gasteiger partial charge in [0.05, 0.1) is 5.52 Å². The van der Waals surface area contributed by atoms with E-state index in [1.807, 2.05) is 38.1 Å². The highest BCUT2D eigenvalue weighted by molar-refractivity contribution is 5.88. The summed E-state index contributed by atoms with van der Waals surface area (Å²) in [6.45, 7) is 10.8. The third-order valence-corrected chi connectivity index (χ3v) is 5.22. The molecule has 0 aliphatic heterocycles. The van der Waals surface area contributed by atoms with Crippen LogP contribution < -0.4 is 10.1 Å². The minimum Gasteiger partial charge on any atom is -0.484 e. The minimum absolute atomic E-state index is 0.0324. The summed E-state index contributed by atoms with van der Waals surface area (Å²) in [6.07, 6.45) is 0.627. The lowest BCUT2D eigenvalue weighted by molar-refractivity contribution is -0.123. The molecule has 154 valence electrons. The normalized spacial score (nSPS) is 11.7. The first-order chi connectivity index (χ1) is 13.7. The number of carbonyl (C=O) groups is 1. The van der Waals surface area contributed by atoms with E-state index in [2.05, 4.69) is 31.1 Å². The summed E-state index contributed by atoms with van der Waals surface area (Å²) in [4.78, 5) is 15.3. The van der Waals surface area contributed by atoms with Gasteiger partial charge in [0.15, 0.2) is 6.61 Å². The maximum absolute atomic E-state index is 14.0. The van der Waals surface area contributed by atoms with Crippen molar-refractivity contribution in [1.82, 2.24) is 10.3 Å². The van der Waals surface area contributed by atoms with Crippen molar-refractivity contribution in [2.75, 3.05) is 13.2 Å². The van der Waals surface area contributed by atoms with Crippen LogP contribution in [0.3, 0.4) is 0 Å². The number of fused-ring (bicyclic) bond motifs is 1. The monoisotopic (exact) mass is 396 g/mol. The average molecular weight is 397 g/mol. The summed E-state index contributed by atoms with van der Waals surface area (Å²) >= 11 is 0. The van der Waals surface area contributed by atoms with Crippen molar-refractivity contribution < 1.29 is 13.9 Å². The Bertz CT molecular complexity index is 1010. The van der Waals surface area contributed by atoms with E-state index in [9.17, 15) is 9.18 Å². The molecule has 0 bridgehead atoms. The number of aromatic nitrogens is 1. The van der Waals surface area contributed by atoms with Crippen molar-refractivity contribution in [3.63, 3.8) is 0 Å². The molecule has 0 fully saturated rings. The average Bonchev–Trinajstić information content (AvgIpc) is 3.00. The van der Waals surface area contributed by atoms with Gasteiger partial charge in [0.2, 0.25) is 0 Å². The van der Waals surface area contributed by atoms with Crippen LogP contribution in [0.2, 0.25) is 0 Å². The largest absolute Gasteiger partial charge is 0.484 e. The number of H-pyrrole nitrogens is 1. The summed E-state index contributed by atoms with van der Waals surface area (Å²) in [5, 5.41) is 3.79. The number of nitrogens with one attached hydrogen (secondary N) is 2. The highest BCUT2D eigenvalue weighted by atomic mass is 19.1. The predicted molar refractivity (Wildman–Crippen MR) is 115 cm³/mol. The Morgan fingerprint density at radius 2 is 1.79 bits per heavy atom. The van der Waals surface area contributed by atoms with Crippen molar-refractivity contribution in [2.45, 2.75) is 46.5 Å². The molecule has 0 atom stereocenters. The number of benzene rings is 2. The molecule has 0 spiro atoms. The van der Waals surface area contributed by atoms with Gasteiger partial charge in [0, 0.05) is 17.6 Å². The minimum atomic E-state index is -0.255. The number of aryl methyl sites for hydroxylation is 2. The van der Waals surface area contributed by atoms with Crippen molar-refractivity contribution in [3.05, 3.63) is 64.6 Å². The lowest BCUT2D eigenvalue weighted by atomic mass is 9.87. The van der Waals surface area contributed by atoms with E-state index in [1.165, 1.54) is 11.6 Å². The van der Waals surface area contributed by atoms with E-state index >= 15 is 0 Å². The summed E-state index contributed by atoms with van der Waals surface area (Å²) in [5.41, 5.74) is 4.82. The Kier molecular flexibility index (Phi) is 5.96. The van der Waals surface area contributed by atoms with Crippen LogP contribution in [0.4, 0.5) is 4.39 Å². The lowest BCUT2D eigenvalue weighted by Gasteiger charge is -2.19. The molecule has 0 aliphatic carbocycles. The fourth-order valence-electron chi connectivity index (χ4n) is 3.53. The number of hydrogen-bond donors (Lipinski definition) is 2. The van der Waals surface area contributed by atoms with Gasteiger partial charge in [-0.3, -0.25) is 4.79 Å². The number of ether oxygens (including phenoxy) is 1. The van der Waals surface area contributed by atoms with E-state index in [1.54, 1.807) is 6.07 Å². The van der Waals surface area contributed by atoms with Crippen LogP contribution in [-0.4, -0.2) is 24.0 Å². The third kappa shape index (κ3) is 4.78. The Morgan fingerprint density at radius 3 is 2.45 bits per heavy atom. The zero-order valence-electron chi connectivity index (χ0n) is 17.8. The standard InChI is InChI=1S/C24H29FN2O2/c1-15-6-11-20(25)23-22(15)19(16(2)27-23)12-13-26-21(28)14-29-18-9-7-17(8-10-18)24(3,4)5/h6-11,27H,12-14H2,1-5H3,(H,26,28). The molecule has 1 aromatic heterocycles. The summed E-state index contributed by atoms with van der Waals surface area (Å²) in [7, 11) is 0. The predicted octanol–water partition coefficient (Wildman–Crippen LogP) is 4.96. The smallest absolute Gasteiger partial charge is 0.257 e. The van der Waals surface area contributed by atoms with E-state index in [0.29, 0.717) is 24.2 Å². The highest BCUT2D eigenvalue weighted by Gasteiger charge is 2.15. The second kappa shape index (κ2) is 8.27. The molecule has 0 aliphatic rings. The number of halogens is 1. The molecule has 29 heavy (non-hydrogen) atoms. The quantitative estimate of drug-likeness (QED) is 0.619. The van der Waals surface area contributed by atoms with Crippen molar-refractivity contribution in [2.24, 2.45) is 0 Å². The Morgan fingerprint density at radius 1 is 1.10 bits per heavy atom. The van der Waals surface area contributed by atoms with Gasteiger partial charge in [-0.2, -0.15) is 0 Å². The van der Waals surface area contributed by atoms with Gasteiger partial charge in [-0.1, -0.05) is 39.0 Å². The van der Waals surface area contributed by atoms with Gasteiger partial charge in [-0.05, 0) is 60.6 Å². The Labute approximate surface area is 171 Å². The number of rotatable bonds is 6. The molecule has 5 heteroatoms. The number of aromatic amines is 1. The van der Waals surface area contributed by atoms with Gasteiger partial charge in [0.25, 0.3) is 5.91 Å². The molecule has 0 saturated carbocycles. The Hall–Kier alpha value is -2.82. The first-order valence-electron chi connectivity index (χ1n) is 9.93. The molecule has 3 rings (SSSR count). The van der Waals surface area contributed by atoms with Crippen LogP contribution in [0.15, 0.2) is 36.4 Å². The molecule has 3 aromatic rings. The lowest BCUT2D eigenvalue weighted by Crippen LogP contribution is -2.30. The zero-order chi connectivity index (χ0) is 21.2. The number of carbonyl (C=O) groups excluding carboxylic acids is 1. The van der Waals surface area contributed by atoms with E-state index in [0.717, 1.165) is 22.2 Å². The zero-order valence-corrected chi connectivity index (χ0v) is 17.8. The van der Waals surface area contributed by atoms with E-state index in [-0.39, 0.29) is 23.7 Å². The molecular weight excluding hydrogens is 367 g/mol. The second-order valence-corrected chi connectivity index (χ2v) is 8.51. The topological polar surface area (TPSA) is 54.1 Å². The first kappa shape index (κ1) is 20.9. The van der Waals surface area contributed by atoms with Gasteiger partial charge in [-0.25, -0.2) is 4.39 Å². The summed E-state index contributed by atoms with van der Waals surface area (Å²) < 4.78 is 19.6. The molecule has 2 aromatic carbocycles.